The van der Waals surface area contributed by atoms with Gasteiger partial charge in [0.25, 0.3) is 0 Å². The molecule has 1 saturated heterocycles. The summed E-state index contributed by atoms with van der Waals surface area (Å²) < 4.78 is 11.6. The van der Waals surface area contributed by atoms with E-state index in [4.69, 9.17) is 9.47 Å². The monoisotopic (exact) mass is 264 g/mol. The van der Waals surface area contributed by atoms with Crippen molar-refractivity contribution >= 4 is 5.97 Å². The molecule has 2 saturated carbocycles. The highest BCUT2D eigenvalue weighted by Gasteiger charge is 2.58. The maximum atomic E-state index is 12.2. The minimum Gasteiger partial charge on any atom is -0.495 e. The van der Waals surface area contributed by atoms with E-state index in [0.717, 1.165) is 31.4 Å². The first-order chi connectivity index (χ1) is 8.92. The van der Waals surface area contributed by atoms with Gasteiger partial charge in [-0.25, -0.2) is 0 Å². The highest BCUT2D eigenvalue weighted by molar-refractivity contribution is 5.76. The second-order valence-electron chi connectivity index (χ2n) is 7.07. The first kappa shape index (κ1) is 13.0. The number of fused-ring (bicyclic) bond motifs is 5. The van der Waals surface area contributed by atoms with Gasteiger partial charge in [0.05, 0.1) is 11.2 Å². The van der Waals surface area contributed by atoms with Gasteiger partial charge in [-0.1, -0.05) is 13.5 Å². The fourth-order valence-electron chi connectivity index (χ4n) is 3.91. The quantitative estimate of drug-likeness (QED) is 0.734. The number of ether oxygens (including phenoxy) is 2. The number of carbonyl (C=O) groups excluding carboxylic acids is 1. The van der Waals surface area contributed by atoms with Gasteiger partial charge in [-0.05, 0) is 33.1 Å². The van der Waals surface area contributed by atoms with E-state index in [1.807, 2.05) is 20.8 Å². The molecule has 3 fully saturated rings. The minimum atomic E-state index is -0.364. The summed E-state index contributed by atoms with van der Waals surface area (Å²) in [5.74, 6) is 2.48. The topological polar surface area (TPSA) is 35.5 Å². The molecule has 3 nitrogen and oxygen atoms in total. The number of hydrogen-bond acceptors (Lipinski definition) is 3. The van der Waals surface area contributed by atoms with Crippen LogP contribution in [0.2, 0.25) is 0 Å². The van der Waals surface area contributed by atoms with E-state index in [2.05, 4.69) is 6.58 Å². The molecule has 19 heavy (non-hydrogen) atoms. The lowest BCUT2D eigenvalue weighted by molar-refractivity contribution is -0.164. The Morgan fingerprint density at radius 3 is 2.84 bits per heavy atom. The zero-order valence-electron chi connectivity index (χ0n) is 12.1. The van der Waals surface area contributed by atoms with Gasteiger partial charge in [-0.2, -0.15) is 0 Å². The lowest BCUT2D eigenvalue weighted by Gasteiger charge is -2.32. The van der Waals surface area contributed by atoms with Crippen LogP contribution in [-0.4, -0.2) is 18.2 Å². The van der Waals surface area contributed by atoms with E-state index in [0.29, 0.717) is 23.9 Å². The molecule has 106 valence electrons. The molecule has 1 aliphatic heterocycles. The summed E-state index contributed by atoms with van der Waals surface area (Å²) in [6.07, 6.45) is 4.37. The van der Waals surface area contributed by atoms with Gasteiger partial charge in [0.2, 0.25) is 0 Å². The van der Waals surface area contributed by atoms with Crippen LogP contribution < -0.4 is 0 Å². The highest BCUT2D eigenvalue weighted by atomic mass is 16.5. The van der Waals surface area contributed by atoms with Crippen molar-refractivity contribution in [3.8, 4) is 0 Å². The second-order valence-corrected chi connectivity index (χ2v) is 7.07. The number of carbonyl (C=O) groups is 1. The first-order valence-electron chi connectivity index (χ1n) is 7.48. The molecule has 5 unspecified atom stereocenters. The molecule has 0 spiro atoms. The lowest BCUT2D eigenvalue weighted by Crippen LogP contribution is -2.38. The Morgan fingerprint density at radius 1 is 1.42 bits per heavy atom. The van der Waals surface area contributed by atoms with E-state index in [-0.39, 0.29) is 17.5 Å². The molecule has 3 aliphatic rings. The van der Waals surface area contributed by atoms with Crippen LogP contribution in [0.4, 0.5) is 0 Å². The van der Waals surface area contributed by atoms with Crippen LogP contribution in [0.5, 0.6) is 0 Å². The van der Waals surface area contributed by atoms with Crippen molar-refractivity contribution in [2.24, 2.45) is 23.2 Å². The summed E-state index contributed by atoms with van der Waals surface area (Å²) in [5, 5.41) is 0. The predicted molar refractivity (Wildman–Crippen MR) is 72.3 cm³/mol. The van der Waals surface area contributed by atoms with E-state index in [9.17, 15) is 4.79 Å². The van der Waals surface area contributed by atoms with Gasteiger partial charge in [-0.15, -0.1) is 0 Å². The van der Waals surface area contributed by atoms with Gasteiger partial charge in [-0.3, -0.25) is 4.79 Å². The van der Waals surface area contributed by atoms with Gasteiger partial charge in [0, 0.05) is 24.2 Å². The molecular weight excluding hydrogens is 240 g/mol. The maximum Gasteiger partial charge on any atom is 0.311 e. The maximum absolute atomic E-state index is 12.2. The standard InChI is InChI=1S/C16H24O3/c1-5-16(3,4)15(17)19-13-8-10-7-11(13)12-6-9(2)18-14(10)12/h10-14H,2,5-8H2,1,3-4H3. The zero-order chi connectivity index (χ0) is 13.8. The van der Waals surface area contributed by atoms with Gasteiger partial charge >= 0.3 is 5.97 Å². The van der Waals surface area contributed by atoms with Crippen LogP contribution in [0.25, 0.3) is 0 Å². The molecule has 1 heterocycles. The van der Waals surface area contributed by atoms with E-state index in [1.165, 1.54) is 0 Å². The normalized spacial score (nSPS) is 40.2. The molecule has 5 atom stereocenters. The van der Waals surface area contributed by atoms with Crippen LogP contribution in [0.1, 0.15) is 46.5 Å². The molecular formula is C16H24O3. The predicted octanol–water partition coefficient (Wildman–Crippen LogP) is 3.29. The van der Waals surface area contributed by atoms with Crippen LogP contribution in [0, 0.1) is 23.2 Å². The Bertz CT molecular complexity index is 412. The summed E-state index contributed by atoms with van der Waals surface area (Å²) in [6, 6.07) is 0. The average Bonchev–Trinajstić information content (AvgIpc) is 2.99. The SMILES string of the molecule is C=C1CC2C3CC(CC3OC(=O)C(C)(C)CC)C2O1. The minimum absolute atomic E-state index is 0.0400. The molecule has 2 bridgehead atoms. The Hall–Kier alpha value is -0.990. The van der Waals surface area contributed by atoms with Crippen LogP contribution in [-0.2, 0) is 14.3 Å². The van der Waals surface area contributed by atoms with Crippen LogP contribution in [0.15, 0.2) is 12.3 Å². The largest absolute Gasteiger partial charge is 0.495 e. The fraction of sp³-hybridized carbons (Fsp3) is 0.812. The van der Waals surface area contributed by atoms with E-state index >= 15 is 0 Å². The van der Waals surface area contributed by atoms with Crippen molar-refractivity contribution in [1.82, 2.24) is 0 Å². The van der Waals surface area contributed by atoms with E-state index < -0.39 is 0 Å². The first-order valence-corrected chi connectivity index (χ1v) is 7.48. The molecule has 0 aromatic heterocycles. The summed E-state index contributed by atoms with van der Waals surface area (Å²) in [5.41, 5.74) is -0.364. The van der Waals surface area contributed by atoms with Crippen molar-refractivity contribution in [3.05, 3.63) is 12.3 Å². The summed E-state index contributed by atoms with van der Waals surface area (Å²) in [6.45, 7) is 9.90. The smallest absolute Gasteiger partial charge is 0.311 e. The van der Waals surface area contributed by atoms with Gasteiger partial charge in [0.1, 0.15) is 12.2 Å². The Labute approximate surface area is 115 Å². The number of esters is 1. The summed E-state index contributed by atoms with van der Waals surface area (Å²) in [7, 11) is 0. The highest BCUT2D eigenvalue weighted by Crippen LogP contribution is 2.56. The third-order valence-corrected chi connectivity index (χ3v) is 5.49. The molecule has 0 aromatic rings. The number of hydrogen-bond donors (Lipinski definition) is 0. The summed E-state index contributed by atoms with van der Waals surface area (Å²) >= 11 is 0. The van der Waals surface area contributed by atoms with Gasteiger partial charge < -0.3 is 9.47 Å². The van der Waals surface area contributed by atoms with Crippen molar-refractivity contribution in [3.63, 3.8) is 0 Å². The fourth-order valence-corrected chi connectivity index (χ4v) is 3.91. The van der Waals surface area contributed by atoms with Gasteiger partial charge in [0.15, 0.2) is 0 Å². The second kappa shape index (κ2) is 4.26. The third kappa shape index (κ3) is 1.98. The molecule has 0 amide bonds. The Balaban J connectivity index is 1.66. The molecule has 3 heteroatoms. The van der Waals surface area contributed by atoms with Crippen molar-refractivity contribution < 1.29 is 14.3 Å². The zero-order valence-corrected chi connectivity index (χ0v) is 12.1. The lowest BCUT2D eigenvalue weighted by atomic mass is 9.83. The van der Waals surface area contributed by atoms with E-state index in [1.54, 1.807) is 0 Å². The van der Waals surface area contributed by atoms with Crippen molar-refractivity contribution in [2.75, 3.05) is 0 Å². The average molecular weight is 264 g/mol. The summed E-state index contributed by atoms with van der Waals surface area (Å²) in [4.78, 5) is 12.2. The number of rotatable bonds is 3. The molecule has 0 radical (unpaired) electrons. The Kier molecular flexibility index (Phi) is 2.91. The third-order valence-electron chi connectivity index (χ3n) is 5.49. The van der Waals surface area contributed by atoms with Crippen LogP contribution in [0.3, 0.4) is 0 Å². The van der Waals surface area contributed by atoms with Crippen molar-refractivity contribution in [2.45, 2.75) is 58.7 Å². The molecule has 3 rings (SSSR count). The molecule has 2 aliphatic carbocycles. The number of allylic oxidation sites excluding steroid dienone is 1. The van der Waals surface area contributed by atoms with Crippen molar-refractivity contribution in [1.29, 1.82) is 0 Å². The molecule has 0 N–H and O–H groups in total. The molecule has 0 aromatic carbocycles. The van der Waals surface area contributed by atoms with Crippen LogP contribution >= 0.6 is 0 Å². The Morgan fingerprint density at radius 2 is 2.16 bits per heavy atom.